The van der Waals surface area contributed by atoms with E-state index in [-0.39, 0.29) is 0 Å². The number of hydrogen-bond acceptors (Lipinski definition) is 3. The first-order chi connectivity index (χ1) is 9.11. The molecule has 2 rings (SSSR count). The van der Waals surface area contributed by atoms with Crippen molar-refractivity contribution in [3.63, 3.8) is 0 Å². The molecule has 0 aromatic heterocycles. The van der Waals surface area contributed by atoms with Crippen LogP contribution in [0.5, 0.6) is 11.5 Å². The lowest BCUT2D eigenvalue weighted by molar-refractivity contribution is 0.0730. The molecule has 0 atom stereocenters. The monoisotopic (exact) mass is 276 g/mol. The maximum atomic E-state index is 12.0. The van der Waals surface area contributed by atoms with Gasteiger partial charge in [0.2, 0.25) is 0 Å². The molecule has 0 aliphatic rings. The summed E-state index contributed by atoms with van der Waals surface area (Å²) in [5.41, 5.74) is 1.35. The van der Waals surface area contributed by atoms with Gasteiger partial charge in [0.05, 0.1) is 17.7 Å². The highest BCUT2D eigenvalue weighted by Gasteiger charge is 2.14. The number of carbonyl (C=O) groups excluding carboxylic acids is 1. The van der Waals surface area contributed by atoms with Crippen molar-refractivity contribution in [1.29, 1.82) is 0 Å². The van der Waals surface area contributed by atoms with E-state index < -0.39 is 5.97 Å². The van der Waals surface area contributed by atoms with E-state index in [1.165, 1.54) is 7.11 Å². The Labute approximate surface area is 116 Å². The summed E-state index contributed by atoms with van der Waals surface area (Å²) in [4.78, 5) is 12.0. The smallest absolute Gasteiger partial charge is 0.345 e. The molecule has 4 heteroatoms. The van der Waals surface area contributed by atoms with Crippen molar-refractivity contribution in [2.24, 2.45) is 0 Å². The molecule has 0 amide bonds. The Bertz CT molecular complexity index is 608. The van der Waals surface area contributed by atoms with Gasteiger partial charge in [-0.05, 0) is 36.8 Å². The number of ether oxygens (including phenoxy) is 2. The van der Waals surface area contributed by atoms with Crippen LogP contribution in [-0.4, -0.2) is 13.1 Å². The van der Waals surface area contributed by atoms with Crippen LogP contribution in [0.1, 0.15) is 15.9 Å². The molecule has 0 heterocycles. The van der Waals surface area contributed by atoms with Crippen molar-refractivity contribution >= 4 is 17.6 Å². The Morgan fingerprint density at radius 3 is 2.53 bits per heavy atom. The van der Waals surface area contributed by atoms with E-state index >= 15 is 0 Å². The number of esters is 1. The topological polar surface area (TPSA) is 35.5 Å². The van der Waals surface area contributed by atoms with E-state index in [9.17, 15) is 4.79 Å². The minimum atomic E-state index is -0.507. The van der Waals surface area contributed by atoms with Gasteiger partial charge in [-0.3, -0.25) is 0 Å². The van der Waals surface area contributed by atoms with Gasteiger partial charge in [-0.2, -0.15) is 0 Å². The van der Waals surface area contributed by atoms with Crippen LogP contribution in [0.15, 0.2) is 42.5 Å². The molecule has 0 N–H and O–H groups in total. The Kier molecular flexibility index (Phi) is 4.07. The molecule has 0 unspecified atom stereocenters. The quantitative estimate of drug-likeness (QED) is 0.630. The zero-order chi connectivity index (χ0) is 13.8. The minimum absolute atomic E-state index is 0.326. The third kappa shape index (κ3) is 3.06. The van der Waals surface area contributed by atoms with Gasteiger partial charge in [-0.25, -0.2) is 4.79 Å². The van der Waals surface area contributed by atoms with E-state index in [4.69, 9.17) is 21.1 Å². The molecule has 19 heavy (non-hydrogen) atoms. The van der Waals surface area contributed by atoms with Gasteiger partial charge in [0.15, 0.2) is 11.5 Å². The van der Waals surface area contributed by atoms with Gasteiger partial charge in [0.25, 0.3) is 0 Å². The highest BCUT2D eigenvalue weighted by atomic mass is 35.5. The Morgan fingerprint density at radius 2 is 1.84 bits per heavy atom. The molecule has 2 aromatic rings. The van der Waals surface area contributed by atoms with E-state index in [2.05, 4.69) is 0 Å². The second-order valence-electron chi connectivity index (χ2n) is 4.02. The standard InChI is InChI=1S/C15H13ClO3/c1-10-7-8-13(14(9-10)18-2)19-15(17)11-5-3-4-6-12(11)16/h3-9H,1-2H3. The fraction of sp³-hybridized carbons (Fsp3) is 0.133. The Hall–Kier alpha value is -2.00. The number of aryl methyl sites for hydroxylation is 1. The van der Waals surface area contributed by atoms with E-state index in [0.29, 0.717) is 22.1 Å². The number of benzene rings is 2. The summed E-state index contributed by atoms with van der Waals surface area (Å²) in [6.07, 6.45) is 0. The van der Waals surface area contributed by atoms with Crippen LogP contribution in [0.4, 0.5) is 0 Å². The molecule has 3 nitrogen and oxygen atoms in total. The lowest BCUT2D eigenvalue weighted by atomic mass is 10.2. The van der Waals surface area contributed by atoms with Crippen molar-refractivity contribution in [2.75, 3.05) is 7.11 Å². The van der Waals surface area contributed by atoms with Gasteiger partial charge in [-0.1, -0.05) is 29.8 Å². The second kappa shape index (κ2) is 5.76. The van der Waals surface area contributed by atoms with Gasteiger partial charge in [-0.15, -0.1) is 0 Å². The first kappa shape index (κ1) is 13.4. The number of hydrogen-bond donors (Lipinski definition) is 0. The molecule has 2 aromatic carbocycles. The van der Waals surface area contributed by atoms with Crippen LogP contribution < -0.4 is 9.47 Å². The zero-order valence-electron chi connectivity index (χ0n) is 10.6. The van der Waals surface area contributed by atoms with Gasteiger partial charge in [0, 0.05) is 0 Å². The van der Waals surface area contributed by atoms with Crippen molar-refractivity contribution in [3.05, 3.63) is 58.6 Å². The maximum absolute atomic E-state index is 12.0. The zero-order valence-corrected chi connectivity index (χ0v) is 11.4. The highest BCUT2D eigenvalue weighted by Crippen LogP contribution is 2.29. The van der Waals surface area contributed by atoms with Gasteiger partial charge in [0.1, 0.15) is 0 Å². The predicted molar refractivity (Wildman–Crippen MR) is 74.1 cm³/mol. The summed E-state index contributed by atoms with van der Waals surface area (Å²) in [6, 6.07) is 12.1. The van der Waals surface area contributed by atoms with E-state index in [1.807, 2.05) is 13.0 Å². The first-order valence-corrected chi connectivity index (χ1v) is 6.11. The van der Waals surface area contributed by atoms with Crippen LogP contribution in [-0.2, 0) is 0 Å². The van der Waals surface area contributed by atoms with Crippen LogP contribution in [0.25, 0.3) is 0 Å². The Morgan fingerprint density at radius 1 is 1.11 bits per heavy atom. The van der Waals surface area contributed by atoms with Crippen molar-refractivity contribution in [3.8, 4) is 11.5 Å². The Balaban J connectivity index is 2.27. The molecule has 0 saturated heterocycles. The normalized spacial score (nSPS) is 10.1. The number of methoxy groups -OCH3 is 1. The molecule has 98 valence electrons. The molecule has 0 aliphatic heterocycles. The van der Waals surface area contributed by atoms with Crippen molar-refractivity contribution in [1.82, 2.24) is 0 Å². The minimum Gasteiger partial charge on any atom is -0.493 e. The van der Waals surface area contributed by atoms with E-state index in [1.54, 1.807) is 36.4 Å². The maximum Gasteiger partial charge on any atom is 0.345 e. The molecular weight excluding hydrogens is 264 g/mol. The first-order valence-electron chi connectivity index (χ1n) is 5.73. The molecule has 0 aliphatic carbocycles. The fourth-order valence-corrected chi connectivity index (χ4v) is 1.85. The summed E-state index contributed by atoms with van der Waals surface area (Å²) in [6.45, 7) is 1.93. The number of rotatable bonds is 3. The number of halogens is 1. The number of carbonyl (C=O) groups is 1. The molecule has 0 radical (unpaired) electrons. The third-order valence-corrected chi connectivity index (χ3v) is 2.95. The average Bonchev–Trinajstić information content (AvgIpc) is 2.41. The molecule has 0 saturated carbocycles. The predicted octanol–water partition coefficient (Wildman–Crippen LogP) is 3.88. The summed E-state index contributed by atoms with van der Waals surface area (Å²) in [5, 5.41) is 0.360. The molecule has 0 fully saturated rings. The van der Waals surface area contributed by atoms with Crippen LogP contribution in [0.2, 0.25) is 5.02 Å². The fourth-order valence-electron chi connectivity index (χ4n) is 1.64. The average molecular weight is 277 g/mol. The van der Waals surface area contributed by atoms with Gasteiger partial charge < -0.3 is 9.47 Å². The second-order valence-corrected chi connectivity index (χ2v) is 4.43. The van der Waals surface area contributed by atoms with Crippen molar-refractivity contribution < 1.29 is 14.3 Å². The molecular formula is C15H13ClO3. The van der Waals surface area contributed by atoms with Crippen molar-refractivity contribution in [2.45, 2.75) is 6.92 Å². The summed E-state index contributed by atoms with van der Waals surface area (Å²) in [7, 11) is 1.53. The van der Waals surface area contributed by atoms with Gasteiger partial charge >= 0.3 is 5.97 Å². The lowest BCUT2D eigenvalue weighted by Gasteiger charge is -2.10. The van der Waals surface area contributed by atoms with Crippen LogP contribution in [0, 0.1) is 6.92 Å². The summed E-state index contributed by atoms with van der Waals surface area (Å²) < 4.78 is 10.5. The molecule has 0 bridgehead atoms. The summed E-state index contributed by atoms with van der Waals surface area (Å²) in [5.74, 6) is 0.381. The lowest BCUT2D eigenvalue weighted by Crippen LogP contribution is -2.09. The van der Waals surface area contributed by atoms with Crippen LogP contribution >= 0.6 is 11.6 Å². The third-order valence-electron chi connectivity index (χ3n) is 2.62. The largest absolute Gasteiger partial charge is 0.493 e. The molecule has 0 spiro atoms. The highest BCUT2D eigenvalue weighted by molar-refractivity contribution is 6.33. The SMILES string of the molecule is COc1cc(C)ccc1OC(=O)c1ccccc1Cl. The van der Waals surface area contributed by atoms with Crippen LogP contribution in [0.3, 0.4) is 0 Å². The van der Waals surface area contributed by atoms with E-state index in [0.717, 1.165) is 5.56 Å². The summed E-state index contributed by atoms with van der Waals surface area (Å²) >= 11 is 5.95.